The van der Waals surface area contributed by atoms with Gasteiger partial charge in [0.1, 0.15) is 4.60 Å². The molecule has 4 heterocycles. The summed E-state index contributed by atoms with van der Waals surface area (Å²) in [7, 11) is 1.94. The van der Waals surface area contributed by atoms with Gasteiger partial charge in [0.2, 0.25) is 0 Å². The number of aryl methyl sites for hydroxylation is 2. The molecule has 0 radical (unpaired) electrons. The molecule has 3 aromatic rings. The maximum absolute atomic E-state index is 4.75. The quantitative estimate of drug-likeness (QED) is 0.595. The molecule has 0 aromatic carbocycles. The van der Waals surface area contributed by atoms with Crippen molar-refractivity contribution in [2.45, 2.75) is 25.7 Å². The minimum atomic E-state index is 0.309. The fourth-order valence-corrected chi connectivity index (χ4v) is 4.18. The van der Waals surface area contributed by atoms with Crippen LogP contribution in [-0.2, 0) is 7.05 Å². The summed E-state index contributed by atoms with van der Waals surface area (Å²) in [4.78, 5) is 11.5. The summed E-state index contributed by atoms with van der Waals surface area (Å²) in [5, 5.41) is 9.03. The number of hydrogen-bond donors (Lipinski definition) is 0. The van der Waals surface area contributed by atoms with E-state index >= 15 is 0 Å². The van der Waals surface area contributed by atoms with Crippen molar-refractivity contribution in [2.75, 3.05) is 18.0 Å². The first-order valence-electron chi connectivity index (χ1n) is 7.85. The van der Waals surface area contributed by atoms with Gasteiger partial charge < -0.3 is 4.90 Å². The SMILES string of the molecule is Cc1c(Br)nc(Br)c2nc(C3CCCN(c4cnn(C)c4)C3)nn12. The Balaban J connectivity index is 1.67. The fraction of sp³-hybridized carbons (Fsp3) is 0.467. The van der Waals surface area contributed by atoms with Crippen molar-refractivity contribution in [1.29, 1.82) is 0 Å². The highest BCUT2D eigenvalue weighted by molar-refractivity contribution is 9.11. The zero-order chi connectivity index (χ0) is 16.8. The summed E-state index contributed by atoms with van der Waals surface area (Å²) in [5.74, 6) is 1.19. The van der Waals surface area contributed by atoms with Crippen molar-refractivity contribution in [3.63, 3.8) is 0 Å². The number of halogens is 2. The second-order valence-electron chi connectivity index (χ2n) is 6.14. The van der Waals surface area contributed by atoms with Crippen molar-refractivity contribution >= 4 is 43.2 Å². The predicted molar refractivity (Wildman–Crippen MR) is 98.3 cm³/mol. The topological polar surface area (TPSA) is 64.1 Å². The Morgan fingerprint density at radius 3 is 2.79 bits per heavy atom. The molecule has 24 heavy (non-hydrogen) atoms. The third-order valence-corrected chi connectivity index (χ3v) is 5.75. The molecule has 3 aromatic heterocycles. The zero-order valence-corrected chi connectivity index (χ0v) is 16.6. The van der Waals surface area contributed by atoms with Crippen molar-refractivity contribution in [3.8, 4) is 0 Å². The third kappa shape index (κ3) is 2.73. The van der Waals surface area contributed by atoms with E-state index in [2.05, 4.69) is 53.0 Å². The Morgan fingerprint density at radius 1 is 1.21 bits per heavy atom. The Bertz CT molecular complexity index is 901. The highest BCUT2D eigenvalue weighted by Crippen LogP contribution is 2.30. The molecule has 0 aliphatic carbocycles. The van der Waals surface area contributed by atoms with E-state index in [1.807, 2.05) is 29.4 Å². The molecule has 0 saturated carbocycles. The lowest BCUT2D eigenvalue weighted by Gasteiger charge is -2.32. The Hall–Kier alpha value is -1.48. The summed E-state index contributed by atoms with van der Waals surface area (Å²) in [5.41, 5.74) is 2.88. The van der Waals surface area contributed by atoms with Crippen LogP contribution in [0.25, 0.3) is 5.65 Å². The molecule has 0 N–H and O–H groups in total. The first kappa shape index (κ1) is 16.0. The summed E-state index contributed by atoms with van der Waals surface area (Å²) < 4.78 is 5.18. The standard InChI is InChI=1S/C15H17Br2N7/c1-9-12(16)19-13(17)15-20-14(21-24(9)15)10-4-3-5-23(7-10)11-6-18-22(2)8-11/h6,8,10H,3-5,7H2,1-2H3. The molecule has 1 saturated heterocycles. The van der Waals surface area contributed by atoms with Crippen LogP contribution in [0.1, 0.15) is 30.3 Å². The third-order valence-electron chi connectivity index (χ3n) is 4.46. The minimum Gasteiger partial charge on any atom is -0.368 e. The highest BCUT2D eigenvalue weighted by atomic mass is 79.9. The van der Waals surface area contributed by atoms with E-state index in [9.17, 15) is 0 Å². The van der Waals surface area contributed by atoms with Gasteiger partial charge in [-0.3, -0.25) is 4.68 Å². The van der Waals surface area contributed by atoms with Gasteiger partial charge in [-0.1, -0.05) is 0 Å². The van der Waals surface area contributed by atoms with Gasteiger partial charge in [0, 0.05) is 32.3 Å². The number of aromatic nitrogens is 6. The smallest absolute Gasteiger partial charge is 0.188 e. The van der Waals surface area contributed by atoms with Gasteiger partial charge in [-0.2, -0.15) is 10.2 Å². The second-order valence-corrected chi connectivity index (χ2v) is 7.64. The summed E-state index contributed by atoms with van der Waals surface area (Å²) in [6.45, 7) is 3.94. The maximum atomic E-state index is 4.75. The van der Waals surface area contributed by atoms with Gasteiger partial charge in [-0.05, 0) is 51.6 Å². The van der Waals surface area contributed by atoms with E-state index in [1.165, 1.54) is 0 Å². The van der Waals surface area contributed by atoms with Gasteiger partial charge in [-0.15, -0.1) is 0 Å². The molecule has 7 nitrogen and oxygen atoms in total. The number of rotatable bonds is 2. The highest BCUT2D eigenvalue weighted by Gasteiger charge is 2.26. The molecule has 9 heteroatoms. The van der Waals surface area contributed by atoms with E-state index < -0.39 is 0 Å². The number of fused-ring (bicyclic) bond motifs is 1. The summed E-state index contributed by atoms with van der Waals surface area (Å²) in [6.07, 6.45) is 6.19. The molecule has 1 atom stereocenters. The average Bonchev–Trinajstić information content (AvgIpc) is 3.20. The predicted octanol–water partition coefficient (Wildman–Crippen LogP) is 3.08. The lowest BCUT2D eigenvalue weighted by atomic mass is 9.97. The molecule has 1 unspecified atom stereocenters. The normalized spacial score (nSPS) is 18.5. The van der Waals surface area contributed by atoms with Gasteiger partial charge in [0.25, 0.3) is 0 Å². The maximum Gasteiger partial charge on any atom is 0.188 e. The first-order chi connectivity index (χ1) is 11.5. The Morgan fingerprint density at radius 2 is 2.04 bits per heavy atom. The molecule has 0 amide bonds. The van der Waals surface area contributed by atoms with Crippen LogP contribution in [0.2, 0.25) is 0 Å². The van der Waals surface area contributed by atoms with Crippen LogP contribution in [0.5, 0.6) is 0 Å². The van der Waals surface area contributed by atoms with E-state index in [0.29, 0.717) is 10.5 Å². The van der Waals surface area contributed by atoms with Crippen molar-refractivity contribution in [1.82, 2.24) is 29.4 Å². The zero-order valence-electron chi connectivity index (χ0n) is 13.4. The minimum absolute atomic E-state index is 0.309. The van der Waals surface area contributed by atoms with Gasteiger partial charge in [-0.25, -0.2) is 14.5 Å². The monoisotopic (exact) mass is 453 g/mol. The Labute approximate surface area is 156 Å². The summed E-state index contributed by atoms with van der Waals surface area (Å²) >= 11 is 6.95. The summed E-state index contributed by atoms with van der Waals surface area (Å²) in [6, 6.07) is 0. The van der Waals surface area contributed by atoms with Crippen LogP contribution < -0.4 is 4.90 Å². The Kier molecular flexibility index (Phi) is 4.07. The lowest BCUT2D eigenvalue weighted by molar-refractivity contribution is 0.491. The van der Waals surface area contributed by atoms with E-state index in [-0.39, 0.29) is 0 Å². The molecule has 1 aliphatic rings. The molecule has 0 spiro atoms. The van der Waals surface area contributed by atoms with Crippen molar-refractivity contribution in [2.24, 2.45) is 7.05 Å². The van der Waals surface area contributed by atoms with E-state index in [1.54, 1.807) is 0 Å². The molecular formula is C15H17Br2N7. The first-order valence-corrected chi connectivity index (χ1v) is 9.43. The number of anilines is 1. The number of hydrogen-bond acceptors (Lipinski definition) is 5. The second kappa shape index (κ2) is 6.11. The van der Waals surface area contributed by atoms with Gasteiger partial charge in [0.15, 0.2) is 16.1 Å². The molecule has 0 bridgehead atoms. The van der Waals surface area contributed by atoms with Crippen molar-refractivity contribution < 1.29 is 0 Å². The molecule has 1 aliphatic heterocycles. The molecule has 4 rings (SSSR count). The molecule has 126 valence electrons. The van der Waals surface area contributed by atoms with E-state index in [4.69, 9.17) is 10.1 Å². The van der Waals surface area contributed by atoms with Crippen molar-refractivity contribution in [3.05, 3.63) is 33.1 Å². The lowest BCUT2D eigenvalue weighted by Crippen LogP contribution is -2.34. The molecular weight excluding hydrogens is 438 g/mol. The number of piperidine rings is 1. The van der Waals surface area contributed by atoms with Crippen LogP contribution in [-0.4, -0.2) is 42.5 Å². The largest absolute Gasteiger partial charge is 0.368 e. The van der Waals surface area contributed by atoms with Crippen LogP contribution >= 0.6 is 31.9 Å². The van der Waals surface area contributed by atoms with E-state index in [0.717, 1.165) is 53.4 Å². The average molecular weight is 455 g/mol. The fourth-order valence-electron chi connectivity index (χ4n) is 3.17. The van der Waals surface area contributed by atoms with Crippen LogP contribution in [0, 0.1) is 6.92 Å². The van der Waals surface area contributed by atoms with Crippen LogP contribution in [0.15, 0.2) is 21.6 Å². The van der Waals surface area contributed by atoms with Gasteiger partial charge >= 0.3 is 0 Å². The van der Waals surface area contributed by atoms with Gasteiger partial charge in [0.05, 0.1) is 17.6 Å². The van der Waals surface area contributed by atoms with Crippen LogP contribution in [0.4, 0.5) is 5.69 Å². The number of nitrogens with zero attached hydrogens (tertiary/aromatic N) is 7. The molecule has 1 fully saturated rings. The van der Waals surface area contributed by atoms with Crippen LogP contribution in [0.3, 0.4) is 0 Å².